The quantitative estimate of drug-likeness (QED) is 0.846. The standard InChI is InChI=1S/C10H15NO.2C2H6/c1-11-8-7-9-3-5-10(12-2)6-4-9;2*1-2/h3-6,11H,7-8H2,1-2H3;2*1-2H3. The smallest absolute Gasteiger partial charge is 0.118 e. The molecule has 1 aromatic carbocycles. The van der Waals surface area contributed by atoms with Crippen LogP contribution in [0.1, 0.15) is 33.3 Å². The summed E-state index contributed by atoms with van der Waals surface area (Å²) in [4.78, 5) is 0. The third-order valence-corrected chi connectivity index (χ3v) is 1.82. The molecule has 0 atom stereocenters. The van der Waals surface area contributed by atoms with Crippen LogP contribution in [-0.2, 0) is 6.42 Å². The molecule has 0 bridgehead atoms. The van der Waals surface area contributed by atoms with Crippen LogP contribution in [0.4, 0.5) is 0 Å². The molecule has 0 radical (unpaired) electrons. The molecule has 0 aliphatic rings. The maximum atomic E-state index is 5.06. The molecule has 0 aromatic heterocycles. The highest BCUT2D eigenvalue weighted by Gasteiger charge is 1.92. The topological polar surface area (TPSA) is 21.3 Å². The minimum absolute atomic E-state index is 0.920. The van der Waals surface area contributed by atoms with Gasteiger partial charge in [0.15, 0.2) is 0 Å². The lowest BCUT2D eigenvalue weighted by molar-refractivity contribution is 0.414. The Morgan fingerprint density at radius 1 is 1.00 bits per heavy atom. The van der Waals surface area contributed by atoms with Gasteiger partial charge in [0.2, 0.25) is 0 Å². The fourth-order valence-electron chi connectivity index (χ4n) is 1.06. The summed E-state index contributed by atoms with van der Waals surface area (Å²) in [5.41, 5.74) is 1.34. The normalized spacial score (nSPS) is 8.12. The van der Waals surface area contributed by atoms with Crippen molar-refractivity contribution in [2.45, 2.75) is 34.1 Å². The first-order chi connectivity index (χ1) is 7.86. The summed E-state index contributed by atoms with van der Waals surface area (Å²) in [6, 6.07) is 8.17. The second-order valence-electron chi connectivity index (χ2n) is 2.70. The maximum Gasteiger partial charge on any atom is 0.118 e. The summed E-state index contributed by atoms with van der Waals surface area (Å²) in [7, 11) is 3.64. The molecule has 1 rings (SSSR count). The average molecular weight is 225 g/mol. The Bertz CT molecular complexity index is 219. The van der Waals surface area contributed by atoms with E-state index in [9.17, 15) is 0 Å². The summed E-state index contributed by atoms with van der Waals surface area (Å²) >= 11 is 0. The first-order valence-corrected chi connectivity index (χ1v) is 6.14. The molecule has 16 heavy (non-hydrogen) atoms. The highest BCUT2D eigenvalue weighted by Crippen LogP contribution is 2.11. The van der Waals surface area contributed by atoms with E-state index in [0.29, 0.717) is 0 Å². The number of nitrogens with one attached hydrogen (secondary N) is 1. The van der Waals surface area contributed by atoms with E-state index in [1.165, 1.54) is 5.56 Å². The number of rotatable bonds is 4. The third kappa shape index (κ3) is 8.30. The van der Waals surface area contributed by atoms with E-state index in [1.807, 2.05) is 46.9 Å². The Balaban J connectivity index is 0. The molecule has 0 saturated heterocycles. The Labute approximate surface area is 101 Å². The lowest BCUT2D eigenvalue weighted by Crippen LogP contribution is -2.10. The van der Waals surface area contributed by atoms with Crippen LogP contribution in [0.15, 0.2) is 24.3 Å². The van der Waals surface area contributed by atoms with Crippen molar-refractivity contribution in [2.75, 3.05) is 20.7 Å². The third-order valence-electron chi connectivity index (χ3n) is 1.82. The molecule has 0 fully saturated rings. The lowest BCUT2D eigenvalue weighted by atomic mass is 10.1. The van der Waals surface area contributed by atoms with Gasteiger partial charge in [0.25, 0.3) is 0 Å². The molecule has 0 amide bonds. The number of methoxy groups -OCH3 is 1. The molecule has 2 nitrogen and oxygen atoms in total. The van der Waals surface area contributed by atoms with Gasteiger partial charge in [-0.05, 0) is 37.7 Å². The van der Waals surface area contributed by atoms with Crippen molar-refractivity contribution in [3.8, 4) is 5.75 Å². The van der Waals surface area contributed by atoms with Gasteiger partial charge >= 0.3 is 0 Å². The van der Waals surface area contributed by atoms with Crippen LogP contribution < -0.4 is 10.1 Å². The highest BCUT2D eigenvalue weighted by atomic mass is 16.5. The Morgan fingerprint density at radius 3 is 1.88 bits per heavy atom. The van der Waals surface area contributed by atoms with Crippen LogP contribution >= 0.6 is 0 Å². The largest absolute Gasteiger partial charge is 0.497 e. The van der Waals surface area contributed by atoms with Crippen molar-refractivity contribution >= 4 is 0 Å². The highest BCUT2D eigenvalue weighted by molar-refractivity contribution is 5.27. The molecule has 0 unspecified atom stereocenters. The van der Waals surface area contributed by atoms with Crippen molar-refractivity contribution in [3.05, 3.63) is 29.8 Å². The first-order valence-electron chi connectivity index (χ1n) is 6.14. The van der Waals surface area contributed by atoms with Crippen LogP contribution in [0.3, 0.4) is 0 Å². The second-order valence-corrected chi connectivity index (χ2v) is 2.70. The summed E-state index contributed by atoms with van der Waals surface area (Å²) in [5.74, 6) is 0.920. The van der Waals surface area contributed by atoms with Crippen LogP contribution in [0, 0.1) is 0 Å². The van der Waals surface area contributed by atoms with E-state index in [0.717, 1.165) is 18.7 Å². The molecule has 0 spiro atoms. The van der Waals surface area contributed by atoms with Gasteiger partial charge in [0.1, 0.15) is 5.75 Å². The Kier molecular flexibility index (Phi) is 15.2. The molecular weight excluding hydrogens is 198 g/mol. The minimum atomic E-state index is 0.920. The first kappa shape index (κ1) is 17.4. The van der Waals surface area contributed by atoms with E-state index in [1.54, 1.807) is 7.11 Å². The SMILES string of the molecule is CC.CC.CNCCc1ccc(OC)cc1. The summed E-state index contributed by atoms with van der Waals surface area (Å²) in [5, 5.41) is 3.11. The number of hydrogen-bond donors (Lipinski definition) is 1. The summed E-state index contributed by atoms with van der Waals surface area (Å²) in [6.07, 6.45) is 1.07. The van der Waals surface area contributed by atoms with Gasteiger partial charge in [-0.25, -0.2) is 0 Å². The van der Waals surface area contributed by atoms with E-state index in [-0.39, 0.29) is 0 Å². The van der Waals surface area contributed by atoms with E-state index in [2.05, 4.69) is 17.4 Å². The zero-order valence-electron chi connectivity index (χ0n) is 11.6. The summed E-state index contributed by atoms with van der Waals surface area (Å²) in [6.45, 7) is 9.02. The Hall–Kier alpha value is -1.02. The predicted octanol–water partition coefficient (Wildman–Crippen LogP) is 3.51. The molecular formula is C14H27NO. The fourth-order valence-corrected chi connectivity index (χ4v) is 1.06. The van der Waals surface area contributed by atoms with Gasteiger partial charge in [-0.2, -0.15) is 0 Å². The van der Waals surface area contributed by atoms with Crippen LogP contribution in [-0.4, -0.2) is 20.7 Å². The fraction of sp³-hybridized carbons (Fsp3) is 0.571. The monoisotopic (exact) mass is 225 g/mol. The molecule has 0 aliphatic carbocycles. The number of benzene rings is 1. The van der Waals surface area contributed by atoms with Crippen molar-refractivity contribution < 1.29 is 4.74 Å². The van der Waals surface area contributed by atoms with Crippen molar-refractivity contribution in [1.82, 2.24) is 5.32 Å². The van der Waals surface area contributed by atoms with Crippen LogP contribution in [0.25, 0.3) is 0 Å². The number of ether oxygens (including phenoxy) is 1. The van der Waals surface area contributed by atoms with Gasteiger partial charge in [0.05, 0.1) is 7.11 Å². The van der Waals surface area contributed by atoms with E-state index >= 15 is 0 Å². The molecule has 2 heteroatoms. The van der Waals surface area contributed by atoms with Crippen molar-refractivity contribution in [1.29, 1.82) is 0 Å². The summed E-state index contributed by atoms with van der Waals surface area (Å²) < 4.78 is 5.06. The number of hydrogen-bond acceptors (Lipinski definition) is 2. The van der Waals surface area contributed by atoms with Gasteiger partial charge < -0.3 is 10.1 Å². The van der Waals surface area contributed by atoms with Gasteiger partial charge in [-0.1, -0.05) is 39.8 Å². The Morgan fingerprint density at radius 2 is 1.50 bits per heavy atom. The lowest BCUT2D eigenvalue weighted by Gasteiger charge is -2.02. The molecule has 1 N–H and O–H groups in total. The predicted molar refractivity (Wildman–Crippen MR) is 73.3 cm³/mol. The van der Waals surface area contributed by atoms with E-state index < -0.39 is 0 Å². The zero-order valence-corrected chi connectivity index (χ0v) is 11.6. The molecule has 1 aromatic rings. The van der Waals surface area contributed by atoms with Gasteiger partial charge in [-0.15, -0.1) is 0 Å². The molecule has 0 saturated carbocycles. The van der Waals surface area contributed by atoms with Gasteiger partial charge in [-0.3, -0.25) is 0 Å². The van der Waals surface area contributed by atoms with Crippen LogP contribution in [0.5, 0.6) is 5.75 Å². The maximum absolute atomic E-state index is 5.06. The van der Waals surface area contributed by atoms with Crippen molar-refractivity contribution in [3.63, 3.8) is 0 Å². The molecule has 0 heterocycles. The molecule has 0 aliphatic heterocycles. The zero-order chi connectivity index (χ0) is 12.8. The number of likely N-dealkylation sites (N-methyl/N-ethyl adjacent to an activating group) is 1. The average Bonchev–Trinajstić information content (AvgIpc) is 2.41. The second kappa shape index (κ2) is 14.0. The molecule has 94 valence electrons. The minimum Gasteiger partial charge on any atom is -0.497 e. The van der Waals surface area contributed by atoms with Crippen molar-refractivity contribution in [2.24, 2.45) is 0 Å². The van der Waals surface area contributed by atoms with Gasteiger partial charge in [0, 0.05) is 0 Å². The van der Waals surface area contributed by atoms with E-state index in [4.69, 9.17) is 4.74 Å². The van der Waals surface area contributed by atoms with Crippen LogP contribution in [0.2, 0.25) is 0 Å².